The third kappa shape index (κ3) is 4.81. The van der Waals surface area contributed by atoms with Crippen LogP contribution >= 0.6 is 0 Å². The first-order valence-corrected chi connectivity index (χ1v) is 15.2. The van der Waals surface area contributed by atoms with Crippen LogP contribution in [0.25, 0.3) is 67.5 Å². The van der Waals surface area contributed by atoms with Gasteiger partial charge in [0.05, 0.1) is 0 Å². The van der Waals surface area contributed by atoms with Crippen molar-refractivity contribution >= 4 is 0 Å². The number of nitrogens with zero attached hydrogens (tertiary/aromatic N) is 4. The van der Waals surface area contributed by atoms with E-state index in [1.54, 1.807) is 6.20 Å². The number of benzene rings is 5. The van der Waals surface area contributed by atoms with Crippen molar-refractivity contribution in [2.24, 2.45) is 0 Å². The Morgan fingerprint density at radius 1 is 0.400 bits per heavy atom. The quantitative estimate of drug-likeness (QED) is 0.204. The number of hydrogen-bond donors (Lipinski definition) is 0. The van der Waals surface area contributed by atoms with E-state index in [1.165, 1.54) is 27.8 Å². The molecule has 8 rings (SSSR count). The van der Waals surface area contributed by atoms with Gasteiger partial charge < -0.3 is 0 Å². The minimum absolute atomic E-state index is 0.0591. The van der Waals surface area contributed by atoms with E-state index in [0.29, 0.717) is 17.5 Å². The third-order valence-electron chi connectivity index (χ3n) is 8.87. The molecule has 5 aromatic carbocycles. The minimum atomic E-state index is -0.0591. The number of hydrogen-bond acceptors (Lipinski definition) is 4. The number of fused-ring (bicyclic) bond motifs is 3. The van der Waals surface area contributed by atoms with E-state index in [2.05, 4.69) is 140 Å². The Morgan fingerprint density at radius 3 is 1.53 bits per heavy atom. The van der Waals surface area contributed by atoms with Crippen LogP contribution in [0.5, 0.6) is 0 Å². The van der Waals surface area contributed by atoms with Gasteiger partial charge in [-0.1, -0.05) is 135 Å². The topological polar surface area (TPSA) is 51.6 Å². The number of aromatic nitrogens is 4. The summed E-state index contributed by atoms with van der Waals surface area (Å²) in [5.41, 5.74) is 12.5. The fraction of sp³-hybridized carbons (Fsp3) is 0.0732. The van der Waals surface area contributed by atoms with Gasteiger partial charge in [0.2, 0.25) is 0 Å². The summed E-state index contributed by atoms with van der Waals surface area (Å²) in [4.78, 5) is 19.4. The normalized spacial score (nSPS) is 12.8. The molecule has 7 aromatic rings. The maximum Gasteiger partial charge on any atom is 0.164 e. The first-order chi connectivity index (χ1) is 22.0. The van der Waals surface area contributed by atoms with Crippen LogP contribution in [-0.2, 0) is 5.41 Å². The van der Waals surface area contributed by atoms with Crippen molar-refractivity contribution in [3.63, 3.8) is 0 Å². The molecule has 0 saturated carbocycles. The Morgan fingerprint density at radius 2 is 0.889 bits per heavy atom. The summed E-state index contributed by atoms with van der Waals surface area (Å²) in [6.07, 6.45) is 3.66. The maximum absolute atomic E-state index is 5.05. The first kappa shape index (κ1) is 26.9. The molecule has 0 N–H and O–H groups in total. The summed E-state index contributed by atoms with van der Waals surface area (Å²) >= 11 is 0. The smallest absolute Gasteiger partial charge is 0.164 e. The predicted octanol–water partition coefficient (Wildman–Crippen LogP) is 9.91. The van der Waals surface area contributed by atoms with Gasteiger partial charge in [0.15, 0.2) is 17.5 Å². The summed E-state index contributed by atoms with van der Waals surface area (Å²) < 4.78 is 0. The number of rotatable bonds is 5. The molecule has 4 heteroatoms. The minimum Gasteiger partial charge on any atom is -0.264 e. The van der Waals surface area contributed by atoms with Gasteiger partial charge in [-0.15, -0.1) is 0 Å². The molecule has 0 saturated heterocycles. The van der Waals surface area contributed by atoms with Gasteiger partial charge >= 0.3 is 0 Å². The molecule has 0 bridgehead atoms. The van der Waals surface area contributed by atoms with E-state index < -0.39 is 0 Å². The van der Waals surface area contributed by atoms with E-state index in [9.17, 15) is 0 Å². The highest BCUT2D eigenvalue weighted by molar-refractivity contribution is 5.84. The summed E-state index contributed by atoms with van der Waals surface area (Å²) in [5, 5.41) is 0. The van der Waals surface area contributed by atoms with E-state index in [1.807, 2.05) is 18.3 Å². The standard InChI is InChI=1S/C41H30N4/c1-41(2)36-13-7-6-12-34(36)35-25-32(22-23-37(35)41)40-44-38(30-18-14-28(15-19-30)27-9-4-3-5-10-27)43-39(45-40)31-20-16-29(17-21-31)33-11-8-24-42-26-33/h3-26H,1-2H3. The Labute approximate surface area is 263 Å². The SMILES string of the molecule is CC1(C)c2ccccc2-c2cc(-c3nc(-c4ccc(-c5ccccc5)cc4)nc(-c4ccc(-c5cccnc5)cc4)n3)ccc21. The highest BCUT2D eigenvalue weighted by Crippen LogP contribution is 2.49. The van der Waals surface area contributed by atoms with Crippen LogP contribution in [0.15, 0.2) is 146 Å². The summed E-state index contributed by atoms with van der Waals surface area (Å²) in [6, 6.07) is 46.5. The van der Waals surface area contributed by atoms with E-state index in [4.69, 9.17) is 15.0 Å². The fourth-order valence-electron chi connectivity index (χ4n) is 6.41. The molecule has 0 spiro atoms. The molecular weight excluding hydrogens is 548 g/mol. The molecule has 0 fully saturated rings. The molecule has 214 valence electrons. The van der Waals surface area contributed by atoms with E-state index in [0.717, 1.165) is 33.4 Å². The Hall–Kier alpha value is -5.74. The van der Waals surface area contributed by atoms with Crippen molar-refractivity contribution in [2.75, 3.05) is 0 Å². The lowest BCUT2D eigenvalue weighted by molar-refractivity contribution is 0.660. The second-order valence-corrected chi connectivity index (χ2v) is 12.0. The van der Waals surface area contributed by atoms with Crippen molar-refractivity contribution < 1.29 is 0 Å². The average Bonchev–Trinajstić information content (AvgIpc) is 3.34. The first-order valence-electron chi connectivity index (χ1n) is 15.2. The van der Waals surface area contributed by atoms with Gasteiger partial charge in [0.25, 0.3) is 0 Å². The van der Waals surface area contributed by atoms with Crippen molar-refractivity contribution in [1.29, 1.82) is 0 Å². The molecule has 1 aliphatic rings. The maximum atomic E-state index is 5.05. The Bertz CT molecular complexity index is 2050. The molecule has 2 aromatic heterocycles. The second kappa shape index (κ2) is 10.8. The van der Waals surface area contributed by atoms with Crippen LogP contribution in [0, 0.1) is 0 Å². The summed E-state index contributed by atoms with van der Waals surface area (Å²) in [7, 11) is 0. The molecule has 0 aliphatic heterocycles. The molecule has 0 unspecified atom stereocenters. The lowest BCUT2D eigenvalue weighted by atomic mass is 9.82. The monoisotopic (exact) mass is 578 g/mol. The molecule has 1 aliphatic carbocycles. The van der Waals surface area contributed by atoms with Crippen LogP contribution in [0.1, 0.15) is 25.0 Å². The Balaban J connectivity index is 1.25. The van der Waals surface area contributed by atoms with Gasteiger partial charge in [0, 0.05) is 34.5 Å². The van der Waals surface area contributed by atoms with Crippen molar-refractivity contribution in [3.05, 3.63) is 157 Å². The van der Waals surface area contributed by atoms with Crippen molar-refractivity contribution in [2.45, 2.75) is 19.3 Å². The lowest BCUT2D eigenvalue weighted by Crippen LogP contribution is -2.14. The molecule has 4 nitrogen and oxygen atoms in total. The van der Waals surface area contributed by atoms with Crippen LogP contribution in [-0.4, -0.2) is 19.9 Å². The van der Waals surface area contributed by atoms with Gasteiger partial charge in [-0.2, -0.15) is 0 Å². The third-order valence-corrected chi connectivity index (χ3v) is 8.87. The summed E-state index contributed by atoms with van der Waals surface area (Å²) in [6.45, 7) is 4.59. The van der Waals surface area contributed by atoms with Gasteiger partial charge in [-0.3, -0.25) is 4.98 Å². The Kier molecular flexibility index (Phi) is 6.42. The molecule has 0 amide bonds. The largest absolute Gasteiger partial charge is 0.264 e. The van der Waals surface area contributed by atoms with Crippen LogP contribution in [0.4, 0.5) is 0 Å². The zero-order chi connectivity index (χ0) is 30.4. The van der Waals surface area contributed by atoms with E-state index >= 15 is 0 Å². The van der Waals surface area contributed by atoms with Gasteiger partial charge in [-0.25, -0.2) is 15.0 Å². The van der Waals surface area contributed by atoms with Crippen LogP contribution < -0.4 is 0 Å². The fourth-order valence-corrected chi connectivity index (χ4v) is 6.41. The van der Waals surface area contributed by atoms with Crippen LogP contribution in [0.3, 0.4) is 0 Å². The number of pyridine rings is 1. The molecule has 45 heavy (non-hydrogen) atoms. The zero-order valence-corrected chi connectivity index (χ0v) is 25.1. The summed E-state index contributed by atoms with van der Waals surface area (Å²) in [5.74, 6) is 1.94. The molecule has 0 radical (unpaired) electrons. The molecule has 0 atom stereocenters. The van der Waals surface area contributed by atoms with Crippen molar-refractivity contribution in [3.8, 4) is 67.5 Å². The molecule has 2 heterocycles. The highest BCUT2D eigenvalue weighted by atomic mass is 15.0. The van der Waals surface area contributed by atoms with Crippen molar-refractivity contribution in [1.82, 2.24) is 19.9 Å². The van der Waals surface area contributed by atoms with Crippen LogP contribution in [0.2, 0.25) is 0 Å². The second-order valence-electron chi connectivity index (χ2n) is 12.0. The average molecular weight is 579 g/mol. The van der Waals surface area contributed by atoms with E-state index in [-0.39, 0.29) is 5.41 Å². The predicted molar refractivity (Wildman–Crippen MR) is 182 cm³/mol. The van der Waals surface area contributed by atoms with Gasteiger partial charge in [0.1, 0.15) is 0 Å². The highest BCUT2D eigenvalue weighted by Gasteiger charge is 2.35. The zero-order valence-electron chi connectivity index (χ0n) is 25.1. The lowest BCUT2D eigenvalue weighted by Gasteiger charge is -2.21. The van der Waals surface area contributed by atoms with Gasteiger partial charge in [-0.05, 0) is 56.6 Å². The molecular formula is C41H30N4.